The highest BCUT2D eigenvalue weighted by molar-refractivity contribution is 7.78. The van der Waals surface area contributed by atoms with Crippen molar-refractivity contribution in [3.63, 3.8) is 0 Å². The van der Waals surface area contributed by atoms with Crippen LogP contribution in [0, 0.1) is 0 Å². The molecule has 0 aliphatic rings. The van der Waals surface area contributed by atoms with E-state index in [1.807, 2.05) is 0 Å². The van der Waals surface area contributed by atoms with Gasteiger partial charge in [0.1, 0.15) is 0 Å². The van der Waals surface area contributed by atoms with E-state index in [-0.39, 0.29) is 0 Å². The van der Waals surface area contributed by atoms with Crippen molar-refractivity contribution in [2.45, 2.75) is 0 Å². The van der Waals surface area contributed by atoms with Crippen LogP contribution in [-0.4, -0.2) is 18.7 Å². The van der Waals surface area contributed by atoms with E-state index in [4.69, 9.17) is 0 Å². The predicted molar refractivity (Wildman–Crippen MR) is 29.0 cm³/mol. The van der Waals surface area contributed by atoms with Gasteiger partial charge in [-0.05, 0) is 23.3 Å². The number of thiocarbonyl (C=S) groups is 1. The highest BCUT2D eigenvalue weighted by Gasteiger charge is 1.61. The van der Waals surface area contributed by atoms with Gasteiger partial charge in [-0.1, -0.05) is 0 Å². The number of hydrogen-bond acceptors (Lipinski definition) is 2. The summed E-state index contributed by atoms with van der Waals surface area (Å²) >= 11 is 4.33. The third-order valence-electron chi connectivity index (χ3n) is 0.333. The third-order valence-corrected chi connectivity index (χ3v) is 0.500. The maximum Gasteiger partial charge on any atom is 0.0725 e. The fraction of sp³-hybridized carbons (Fsp3) is 0.500. The van der Waals surface area contributed by atoms with Gasteiger partial charge in [-0.15, -0.1) is 0 Å². The van der Waals surface area contributed by atoms with Crippen molar-refractivity contribution in [3.05, 3.63) is 6.08 Å². The molecule has 0 saturated heterocycles. The Morgan fingerprint density at radius 3 is 2.83 bits per heavy atom. The van der Waals surface area contributed by atoms with Crippen molar-refractivity contribution in [2.75, 3.05) is 13.7 Å². The van der Waals surface area contributed by atoms with Crippen LogP contribution in [0.3, 0.4) is 0 Å². The lowest BCUT2D eigenvalue weighted by Gasteiger charge is -1.79. The van der Waals surface area contributed by atoms with Gasteiger partial charge in [0.2, 0.25) is 0 Å². The fourth-order valence-corrected chi connectivity index (χ4v) is 0.185. The monoisotopic (exact) mass is 102 g/mol. The molecule has 2 heteroatoms. The second-order valence-electron chi connectivity index (χ2n) is 0.777. The van der Waals surface area contributed by atoms with Gasteiger partial charge in [-0.2, -0.15) is 0 Å². The zero-order valence-electron chi connectivity index (χ0n) is 3.60. The van der Waals surface area contributed by atoms with Crippen molar-refractivity contribution in [1.29, 1.82) is 0 Å². The Morgan fingerprint density at radius 1 is 2.00 bits per heavy atom. The van der Waals surface area contributed by atoms with E-state index in [1.165, 1.54) is 0 Å². The molecule has 0 aromatic carbocycles. The fourth-order valence-electron chi connectivity index (χ4n) is 0.117. The second-order valence-corrected chi connectivity index (χ2v) is 1.01. The molecule has 0 aliphatic heterocycles. The van der Waals surface area contributed by atoms with Gasteiger partial charge in [-0.25, -0.2) is 0 Å². The van der Waals surface area contributed by atoms with E-state index in [0.717, 1.165) is 0 Å². The highest BCUT2D eigenvalue weighted by Crippen LogP contribution is 1.61. The Kier molecular flexibility index (Phi) is 4.69. The molecule has 0 rings (SSSR count). The van der Waals surface area contributed by atoms with Gasteiger partial charge in [0.25, 0.3) is 0 Å². The number of hydrogen-bond donors (Lipinski definition) is 0. The number of ether oxygens (including phenoxy) is 1. The first kappa shape index (κ1) is 5.83. The van der Waals surface area contributed by atoms with Gasteiger partial charge in [0, 0.05) is 7.11 Å². The van der Waals surface area contributed by atoms with Gasteiger partial charge < -0.3 is 4.74 Å². The zero-order valence-corrected chi connectivity index (χ0v) is 4.42. The van der Waals surface area contributed by atoms with Crippen molar-refractivity contribution in [2.24, 2.45) is 0 Å². The first-order chi connectivity index (χ1) is 2.91. The molecular formula is C4H6OS. The normalized spacial score (nSPS) is 6.83. The van der Waals surface area contributed by atoms with Crippen LogP contribution < -0.4 is 0 Å². The molecule has 0 fully saturated rings. The summed E-state index contributed by atoms with van der Waals surface area (Å²) in [6.07, 6.45) is 1.65. The topological polar surface area (TPSA) is 9.23 Å². The van der Waals surface area contributed by atoms with Crippen LogP contribution in [0.1, 0.15) is 0 Å². The molecule has 0 radical (unpaired) electrons. The van der Waals surface area contributed by atoms with Crippen LogP contribution in [-0.2, 0) is 4.74 Å². The highest BCUT2D eigenvalue weighted by atomic mass is 32.1. The van der Waals surface area contributed by atoms with E-state index in [2.05, 4.69) is 22.0 Å². The standard InChI is InChI=1S/C4H6OS/c1-5-3-2-4-6/h2H,3H2,1H3. The molecule has 34 valence electrons. The van der Waals surface area contributed by atoms with Gasteiger partial charge in [0.05, 0.1) is 6.61 Å². The first-order valence-electron chi connectivity index (χ1n) is 1.60. The van der Waals surface area contributed by atoms with E-state index < -0.39 is 0 Å². The minimum absolute atomic E-state index is 0.573. The molecule has 0 heterocycles. The SMILES string of the molecule is COCC=C=S. The lowest BCUT2D eigenvalue weighted by molar-refractivity contribution is 0.235. The summed E-state index contributed by atoms with van der Waals surface area (Å²) in [5, 5.41) is 2.40. The average Bonchev–Trinajstić information content (AvgIpc) is 1.61. The smallest absolute Gasteiger partial charge is 0.0725 e. The van der Waals surface area contributed by atoms with Crippen LogP contribution in [0.2, 0.25) is 0 Å². The molecule has 0 aromatic heterocycles. The van der Waals surface area contributed by atoms with Crippen LogP contribution >= 0.6 is 12.2 Å². The van der Waals surface area contributed by atoms with Crippen molar-refractivity contribution in [1.82, 2.24) is 0 Å². The maximum atomic E-state index is 4.60. The summed E-state index contributed by atoms with van der Waals surface area (Å²) < 4.78 is 4.60. The molecule has 0 bridgehead atoms. The summed E-state index contributed by atoms with van der Waals surface area (Å²) in [5.41, 5.74) is 0. The molecule has 0 aliphatic carbocycles. The van der Waals surface area contributed by atoms with Gasteiger partial charge in [-0.3, -0.25) is 0 Å². The maximum absolute atomic E-state index is 4.60. The van der Waals surface area contributed by atoms with Crippen LogP contribution in [0.15, 0.2) is 6.08 Å². The Labute approximate surface area is 42.6 Å². The minimum atomic E-state index is 0.573. The molecule has 1 nitrogen and oxygen atoms in total. The molecule has 6 heavy (non-hydrogen) atoms. The van der Waals surface area contributed by atoms with E-state index in [0.29, 0.717) is 6.61 Å². The van der Waals surface area contributed by atoms with E-state index >= 15 is 0 Å². The summed E-state index contributed by atoms with van der Waals surface area (Å²) in [7, 11) is 1.61. The van der Waals surface area contributed by atoms with E-state index in [9.17, 15) is 0 Å². The molecule has 0 N–H and O–H groups in total. The lowest BCUT2D eigenvalue weighted by Crippen LogP contribution is -1.78. The van der Waals surface area contributed by atoms with Crippen LogP contribution in [0.25, 0.3) is 0 Å². The van der Waals surface area contributed by atoms with E-state index in [1.54, 1.807) is 13.2 Å². The Morgan fingerprint density at radius 2 is 2.67 bits per heavy atom. The first-order valence-corrected chi connectivity index (χ1v) is 2.01. The molecule has 0 atom stereocenters. The molecule has 0 aromatic rings. The lowest BCUT2D eigenvalue weighted by atomic mass is 10.7. The third kappa shape index (κ3) is 3.83. The Balaban J connectivity index is 2.86. The number of rotatable bonds is 2. The Hall–Kier alpha value is -0.170. The quantitative estimate of drug-likeness (QED) is 0.477. The summed E-state index contributed by atoms with van der Waals surface area (Å²) in [5.74, 6) is 0. The average molecular weight is 102 g/mol. The van der Waals surface area contributed by atoms with Crippen LogP contribution in [0.4, 0.5) is 0 Å². The van der Waals surface area contributed by atoms with Crippen LogP contribution in [0.5, 0.6) is 0 Å². The predicted octanol–water partition coefficient (Wildman–Crippen LogP) is 0.788. The molecule has 0 saturated carbocycles. The molecule has 0 spiro atoms. The number of methoxy groups -OCH3 is 1. The summed E-state index contributed by atoms with van der Waals surface area (Å²) in [6, 6.07) is 0. The molecular weight excluding hydrogens is 96.1 g/mol. The minimum Gasteiger partial charge on any atom is -0.380 e. The van der Waals surface area contributed by atoms with Crippen molar-refractivity contribution < 1.29 is 4.74 Å². The largest absolute Gasteiger partial charge is 0.380 e. The molecule has 0 amide bonds. The summed E-state index contributed by atoms with van der Waals surface area (Å²) in [6.45, 7) is 0.573. The van der Waals surface area contributed by atoms with Crippen molar-refractivity contribution >= 4 is 17.2 Å². The van der Waals surface area contributed by atoms with Gasteiger partial charge in [0.15, 0.2) is 0 Å². The second kappa shape index (κ2) is 4.83. The summed E-state index contributed by atoms with van der Waals surface area (Å²) in [4.78, 5) is 0. The Bertz CT molecular complexity index is 63.9. The molecule has 0 unspecified atom stereocenters. The van der Waals surface area contributed by atoms with Crippen molar-refractivity contribution in [3.8, 4) is 0 Å². The zero-order chi connectivity index (χ0) is 4.83. The van der Waals surface area contributed by atoms with Gasteiger partial charge >= 0.3 is 0 Å².